The summed E-state index contributed by atoms with van der Waals surface area (Å²) in [4.78, 5) is 11.9. The van der Waals surface area contributed by atoms with Crippen molar-refractivity contribution >= 4 is 11.4 Å². The number of oxime groups is 2. The molecule has 6 unspecified atom stereocenters. The first kappa shape index (κ1) is 13.3. The topological polar surface area (TPSA) is 43.2 Å². The van der Waals surface area contributed by atoms with Gasteiger partial charge in [-0.05, 0) is 76.0 Å². The van der Waals surface area contributed by atoms with Crippen molar-refractivity contribution in [3.05, 3.63) is 0 Å². The van der Waals surface area contributed by atoms with Crippen LogP contribution in [-0.2, 0) is 9.68 Å². The van der Waals surface area contributed by atoms with E-state index in [1.807, 2.05) is 0 Å². The molecule has 0 saturated heterocycles. The molecule has 0 aromatic heterocycles. The van der Waals surface area contributed by atoms with Gasteiger partial charge in [-0.1, -0.05) is 10.3 Å². The van der Waals surface area contributed by atoms with Crippen molar-refractivity contribution in [2.75, 3.05) is 0 Å². The second-order valence-corrected chi connectivity index (χ2v) is 8.83. The summed E-state index contributed by atoms with van der Waals surface area (Å²) in [6, 6.07) is 0. The second-order valence-electron chi connectivity index (χ2n) is 8.83. The molecule has 6 atom stereocenters. The Bertz CT molecular complexity index is 546. The van der Waals surface area contributed by atoms with Gasteiger partial charge in [-0.25, -0.2) is 0 Å². The molecule has 0 N–H and O–H groups in total. The largest absolute Gasteiger partial charge is 0.392 e. The number of nitrogens with zero attached hydrogens (tertiary/aromatic N) is 2. The van der Waals surface area contributed by atoms with Crippen LogP contribution in [0.2, 0.25) is 0 Å². The van der Waals surface area contributed by atoms with Crippen LogP contribution in [0.25, 0.3) is 0 Å². The summed E-state index contributed by atoms with van der Waals surface area (Å²) < 4.78 is 0. The average molecular weight is 314 g/mol. The van der Waals surface area contributed by atoms with Gasteiger partial charge in [-0.2, -0.15) is 0 Å². The first-order chi connectivity index (χ1) is 11.4. The fraction of sp³-hybridized carbons (Fsp3) is 0.895. The Balaban J connectivity index is 1.42. The third-order valence-electron chi connectivity index (χ3n) is 8.01. The van der Waals surface area contributed by atoms with Crippen molar-refractivity contribution in [3.8, 4) is 0 Å². The molecule has 0 radical (unpaired) electrons. The highest BCUT2D eigenvalue weighted by Gasteiger charge is 2.62. The summed E-state index contributed by atoms with van der Waals surface area (Å²) >= 11 is 0. The van der Waals surface area contributed by atoms with Gasteiger partial charge in [0.25, 0.3) is 0 Å². The Morgan fingerprint density at radius 1 is 0.696 bits per heavy atom. The van der Waals surface area contributed by atoms with E-state index in [1.54, 1.807) is 0 Å². The summed E-state index contributed by atoms with van der Waals surface area (Å²) in [6.07, 6.45) is 13.7. The van der Waals surface area contributed by atoms with Gasteiger partial charge >= 0.3 is 0 Å². The van der Waals surface area contributed by atoms with Crippen LogP contribution in [0.1, 0.15) is 64.2 Å². The Kier molecular flexibility index (Phi) is 2.60. The van der Waals surface area contributed by atoms with Crippen LogP contribution in [-0.4, -0.2) is 23.6 Å². The van der Waals surface area contributed by atoms with E-state index in [9.17, 15) is 0 Å². The number of hydrogen-bond acceptors (Lipinski definition) is 4. The van der Waals surface area contributed by atoms with Gasteiger partial charge in [0.1, 0.15) is 12.2 Å². The zero-order valence-electron chi connectivity index (χ0n) is 13.7. The highest BCUT2D eigenvalue weighted by molar-refractivity contribution is 6.15. The number of rotatable bonds is 0. The van der Waals surface area contributed by atoms with E-state index in [0.29, 0.717) is 24.0 Å². The van der Waals surface area contributed by atoms with Gasteiger partial charge < -0.3 is 9.68 Å². The van der Waals surface area contributed by atoms with Crippen molar-refractivity contribution in [3.63, 3.8) is 0 Å². The molecule has 23 heavy (non-hydrogen) atoms. The van der Waals surface area contributed by atoms with E-state index < -0.39 is 0 Å². The summed E-state index contributed by atoms with van der Waals surface area (Å²) in [5.41, 5.74) is 2.86. The molecule has 4 saturated carbocycles. The van der Waals surface area contributed by atoms with Crippen LogP contribution >= 0.6 is 0 Å². The highest BCUT2D eigenvalue weighted by atomic mass is 16.6. The third-order valence-corrected chi connectivity index (χ3v) is 8.01. The molecule has 4 fully saturated rings. The lowest BCUT2D eigenvalue weighted by Gasteiger charge is -2.51. The van der Waals surface area contributed by atoms with Crippen LogP contribution < -0.4 is 0 Å². The molecule has 4 aliphatic carbocycles. The van der Waals surface area contributed by atoms with Crippen LogP contribution in [0.15, 0.2) is 10.3 Å². The minimum Gasteiger partial charge on any atom is -0.392 e. The molecular formula is C19H26N2O2. The first-order valence-corrected chi connectivity index (χ1v) is 9.85. The maximum Gasteiger partial charge on any atom is 0.136 e. The van der Waals surface area contributed by atoms with E-state index in [1.165, 1.54) is 75.6 Å². The van der Waals surface area contributed by atoms with Gasteiger partial charge in [0.05, 0.1) is 16.8 Å². The second kappa shape index (κ2) is 4.52. The van der Waals surface area contributed by atoms with Crippen LogP contribution in [0.5, 0.6) is 0 Å². The van der Waals surface area contributed by atoms with Crippen molar-refractivity contribution < 1.29 is 9.68 Å². The predicted molar refractivity (Wildman–Crippen MR) is 87.2 cm³/mol. The molecule has 6 aliphatic rings. The van der Waals surface area contributed by atoms with Crippen LogP contribution in [0.4, 0.5) is 0 Å². The van der Waals surface area contributed by atoms with Crippen molar-refractivity contribution in [2.24, 2.45) is 39.4 Å². The minimum atomic E-state index is 0.0977. The molecule has 6 rings (SSSR count). The number of hydrogen-bond donors (Lipinski definition) is 0. The molecule has 0 aromatic rings. The maximum absolute atomic E-state index is 5.93. The molecule has 0 amide bonds. The van der Waals surface area contributed by atoms with Gasteiger partial charge in [0.2, 0.25) is 0 Å². The normalized spacial score (nSPS) is 52.9. The highest BCUT2D eigenvalue weighted by Crippen LogP contribution is 2.58. The fourth-order valence-electron chi connectivity index (χ4n) is 6.99. The molecule has 0 bridgehead atoms. The maximum atomic E-state index is 5.93. The standard InChI is InChI=1S/C19H26N2O2/c1-3-11-7-9-19(17-15(11)13(5-1)22-20-17)10-8-12-4-2-6-14-16(12)18(19)21-23-14/h11-16H,1-10H2. The lowest BCUT2D eigenvalue weighted by Crippen LogP contribution is -2.56. The molecule has 4 nitrogen and oxygen atoms in total. The van der Waals surface area contributed by atoms with Crippen molar-refractivity contribution in [1.82, 2.24) is 0 Å². The Labute approximate surface area is 137 Å². The van der Waals surface area contributed by atoms with Crippen molar-refractivity contribution in [2.45, 2.75) is 76.4 Å². The first-order valence-electron chi connectivity index (χ1n) is 9.85. The van der Waals surface area contributed by atoms with E-state index in [0.717, 1.165) is 11.8 Å². The van der Waals surface area contributed by atoms with Gasteiger partial charge in [-0.3, -0.25) is 0 Å². The minimum absolute atomic E-state index is 0.0977. The Morgan fingerprint density at radius 2 is 1.22 bits per heavy atom. The molecule has 4 heteroatoms. The zero-order valence-corrected chi connectivity index (χ0v) is 13.7. The van der Waals surface area contributed by atoms with Crippen molar-refractivity contribution in [1.29, 1.82) is 0 Å². The zero-order chi connectivity index (χ0) is 15.0. The van der Waals surface area contributed by atoms with Crippen LogP contribution in [0, 0.1) is 29.1 Å². The fourth-order valence-corrected chi connectivity index (χ4v) is 6.99. The van der Waals surface area contributed by atoms with Gasteiger partial charge in [-0.15, -0.1) is 0 Å². The molecule has 0 aromatic carbocycles. The number of fused-ring (bicyclic) bond motifs is 2. The van der Waals surface area contributed by atoms with E-state index in [-0.39, 0.29) is 5.41 Å². The third kappa shape index (κ3) is 1.58. The average Bonchev–Trinajstić information content (AvgIpc) is 3.22. The van der Waals surface area contributed by atoms with E-state index in [2.05, 4.69) is 0 Å². The summed E-state index contributed by atoms with van der Waals surface area (Å²) in [5, 5.41) is 9.42. The predicted octanol–water partition coefficient (Wildman–Crippen LogP) is 3.90. The quantitative estimate of drug-likeness (QED) is 0.680. The Morgan fingerprint density at radius 3 is 1.74 bits per heavy atom. The Hall–Kier alpha value is -1.06. The van der Waals surface area contributed by atoms with E-state index in [4.69, 9.17) is 20.0 Å². The summed E-state index contributed by atoms with van der Waals surface area (Å²) in [5.74, 6) is 2.78. The van der Waals surface area contributed by atoms with Crippen LogP contribution in [0.3, 0.4) is 0 Å². The van der Waals surface area contributed by atoms with Gasteiger partial charge in [0.15, 0.2) is 0 Å². The monoisotopic (exact) mass is 314 g/mol. The van der Waals surface area contributed by atoms with E-state index >= 15 is 0 Å². The molecule has 2 heterocycles. The smallest absolute Gasteiger partial charge is 0.136 e. The lowest BCUT2D eigenvalue weighted by molar-refractivity contribution is 0.0105. The van der Waals surface area contributed by atoms with Gasteiger partial charge in [0, 0.05) is 11.8 Å². The molecule has 1 spiro atoms. The SMILES string of the molecule is C1CC2CCC3(CCC4CCCC5ON=C3C45)C3=NOC(C1)C32. The molecule has 124 valence electrons. The summed E-state index contributed by atoms with van der Waals surface area (Å²) in [6.45, 7) is 0. The lowest BCUT2D eigenvalue weighted by atomic mass is 9.50. The summed E-state index contributed by atoms with van der Waals surface area (Å²) in [7, 11) is 0. The molecular weight excluding hydrogens is 288 g/mol. The molecule has 2 aliphatic heterocycles.